The van der Waals surface area contributed by atoms with Gasteiger partial charge in [-0.2, -0.15) is 13.2 Å². The quantitative estimate of drug-likeness (QED) is 0.767. The summed E-state index contributed by atoms with van der Waals surface area (Å²) in [6.45, 7) is -1.52. The van der Waals surface area contributed by atoms with Gasteiger partial charge >= 0.3 is 12.1 Å². The van der Waals surface area contributed by atoms with Crippen LogP contribution < -0.4 is 5.32 Å². The second-order valence-corrected chi connectivity index (χ2v) is 6.24. The highest BCUT2D eigenvalue weighted by atomic mass is 32.2. The third-order valence-corrected chi connectivity index (χ3v) is 4.41. The minimum Gasteiger partial charge on any atom is -0.480 e. The maximum absolute atomic E-state index is 12.0. The molecule has 0 aromatic carbocycles. The van der Waals surface area contributed by atoms with Crippen molar-refractivity contribution in [3.05, 3.63) is 0 Å². The zero-order valence-electron chi connectivity index (χ0n) is 8.75. The summed E-state index contributed by atoms with van der Waals surface area (Å²) in [6, 6.07) is 0. The van der Waals surface area contributed by atoms with Gasteiger partial charge in [-0.05, 0) is 12.8 Å². The normalized spacial score (nSPS) is 28.9. The zero-order chi connectivity index (χ0) is 13.3. The van der Waals surface area contributed by atoms with E-state index in [0.717, 1.165) is 0 Å². The van der Waals surface area contributed by atoms with Gasteiger partial charge in [0.2, 0.25) is 0 Å². The number of rotatable bonds is 3. The van der Waals surface area contributed by atoms with Gasteiger partial charge in [-0.3, -0.25) is 10.1 Å². The molecule has 2 N–H and O–H groups in total. The minimum atomic E-state index is -4.58. The molecule has 9 heteroatoms. The van der Waals surface area contributed by atoms with Crippen molar-refractivity contribution in [3.8, 4) is 0 Å². The molecule has 0 amide bonds. The van der Waals surface area contributed by atoms with E-state index in [1.807, 2.05) is 5.32 Å². The van der Waals surface area contributed by atoms with Gasteiger partial charge in [0.15, 0.2) is 9.84 Å². The van der Waals surface area contributed by atoms with Gasteiger partial charge < -0.3 is 5.11 Å². The molecular formula is C8H12F3NO4S. The molecule has 100 valence electrons. The molecule has 1 unspecified atom stereocenters. The number of hydrogen-bond donors (Lipinski definition) is 2. The molecule has 17 heavy (non-hydrogen) atoms. The molecule has 0 bridgehead atoms. The number of carbonyl (C=O) groups is 1. The number of halogens is 3. The zero-order valence-corrected chi connectivity index (χ0v) is 9.57. The fraction of sp³-hybridized carbons (Fsp3) is 0.875. The molecule has 1 aliphatic heterocycles. The second kappa shape index (κ2) is 4.45. The van der Waals surface area contributed by atoms with Gasteiger partial charge in [-0.25, -0.2) is 8.42 Å². The van der Waals surface area contributed by atoms with Crippen molar-refractivity contribution in [2.24, 2.45) is 0 Å². The summed E-state index contributed by atoms with van der Waals surface area (Å²) >= 11 is 0. The maximum Gasteiger partial charge on any atom is 0.401 e. The average molecular weight is 275 g/mol. The van der Waals surface area contributed by atoms with Gasteiger partial charge in [-0.1, -0.05) is 0 Å². The van der Waals surface area contributed by atoms with Crippen molar-refractivity contribution in [1.82, 2.24) is 5.32 Å². The Kier molecular flexibility index (Phi) is 3.72. The highest BCUT2D eigenvalue weighted by Crippen LogP contribution is 2.25. The Morgan fingerprint density at radius 2 is 2.00 bits per heavy atom. The molecule has 0 aromatic heterocycles. The molecule has 0 radical (unpaired) electrons. The molecule has 0 spiro atoms. The van der Waals surface area contributed by atoms with Gasteiger partial charge in [0.25, 0.3) is 0 Å². The van der Waals surface area contributed by atoms with E-state index in [1.54, 1.807) is 0 Å². The molecule has 0 saturated carbocycles. The van der Waals surface area contributed by atoms with E-state index in [1.165, 1.54) is 0 Å². The van der Waals surface area contributed by atoms with E-state index >= 15 is 0 Å². The lowest BCUT2D eigenvalue weighted by Crippen LogP contribution is -2.60. The predicted molar refractivity (Wildman–Crippen MR) is 52.3 cm³/mol. The summed E-state index contributed by atoms with van der Waals surface area (Å²) in [5.74, 6) is -2.55. The average Bonchev–Trinajstić information content (AvgIpc) is 2.12. The van der Waals surface area contributed by atoms with Gasteiger partial charge in [0, 0.05) is 0 Å². The van der Waals surface area contributed by atoms with Crippen LogP contribution in [-0.2, 0) is 14.6 Å². The molecule has 1 saturated heterocycles. The Bertz CT molecular complexity index is 405. The van der Waals surface area contributed by atoms with Crippen LogP contribution in [0.3, 0.4) is 0 Å². The highest BCUT2D eigenvalue weighted by molar-refractivity contribution is 7.91. The van der Waals surface area contributed by atoms with Crippen LogP contribution in [0.15, 0.2) is 0 Å². The molecule has 0 aromatic rings. The smallest absolute Gasteiger partial charge is 0.401 e. The summed E-state index contributed by atoms with van der Waals surface area (Å²) in [5.41, 5.74) is -2.02. The van der Waals surface area contributed by atoms with Crippen LogP contribution in [0.1, 0.15) is 12.8 Å². The van der Waals surface area contributed by atoms with Gasteiger partial charge in [-0.15, -0.1) is 0 Å². The molecule has 5 nitrogen and oxygen atoms in total. The first-order valence-corrected chi connectivity index (χ1v) is 6.64. The minimum absolute atomic E-state index is 0.0412. The Hall–Kier alpha value is -0.830. The van der Waals surface area contributed by atoms with Crippen molar-refractivity contribution in [2.75, 3.05) is 18.1 Å². The lowest BCUT2D eigenvalue weighted by molar-refractivity contribution is -0.149. The topological polar surface area (TPSA) is 83.5 Å². The van der Waals surface area contributed by atoms with E-state index < -0.39 is 39.8 Å². The third kappa shape index (κ3) is 3.84. The number of sulfone groups is 1. The van der Waals surface area contributed by atoms with E-state index in [4.69, 9.17) is 5.11 Å². The number of aliphatic carboxylic acids is 1. The first kappa shape index (κ1) is 14.2. The molecule has 1 rings (SSSR count). The lowest BCUT2D eigenvalue weighted by Gasteiger charge is -2.34. The summed E-state index contributed by atoms with van der Waals surface area (Å²) < 4.78 is 58.7. The first-order chi connectivity index (χ1) is 7.56. The Labute approximate surface area is 95.9 Å². The van der Waals surface area contributed by atoms with E-state index in [2.05, 4.69) is 0 Å². The summed E-state index contributed by atoms with van der Waals surface area (Å²) in [4.78, 5) is 11.0. The van der Waals surface area contributed by atoms with Crippen molar-refractivity contribution >= 4 is 15.8 Å². The fourth-order valence-corrected chi connectivity index (χ4v) is 3.62. The van der Waals surface area contributed by atoms with Crippen molar-refractivity contribution in [3.63, 3.8) is 0 Å². The van der Waals surface area contributed by atoms with Crippen molar-refractivity contribution < 1.29 is 31.5 Å². The number of carboxylic acids is 1. The van der Waals surface area contributed by atoms with Gasteiger partial charge in [0.1, 0.15) is 5.54 Å². The van der Waals surface area contributed by atoms with Crippen LogP contribution in [0.4, 0.5) is 13.2 Å². The number of carboxylic acid groups (broad SMARTS) is 1. The monoisotopic (exact) mass is 275 g/mol. The summed E-state index contributed by atoms with van der Waals surface area (Å²) in [6.07, 6.45) is -4.67. The van der Waals surface area contributed by atoms with E-state index in [0.29, 0.717) is 0 Å². The Balaban J connectivity index is 2.87. The number of alkyl halides is 3. The lowest BCUT2D eigenvalue weighted by atomic mass is 9.95. The van der Waals surface area contributed by atoms with Crippen molar-refractivity contribution in [1.29, 1.82) is 0 Å². The van der Waals surface area contributed by atoms with Gasteiger partial charge in [0.05, 0.1) is 18.1 Å². The van der Waals surface area contributed by atoms with E-state index in [-0.39, 0.29) is 18.6 Å². The van der Waals surface area contributed by atoms with Crippen LogP contribution >= 0.6 is 0 Å². The Morgan fingerprint density at radius 3 is 2.41 bits per heavy atom. The fourth-order valence-electron chi connectivity index (χ4n) is 1.77. The third-order valence-electron chi connectivity index (χ3n) is 2.56. The van der Waals surface area contributed by atoms with Crippen LogP contribution in [0.5, 0.6) is 0 Å². The molecule has 1 atom stereocenters. The second-order valence-electron chi connectivity index (χ2n) is 4.05. The molecule has 0 aliphatic carbocycles. The Morgan fingerprint density at radius 1 is 1.41 bits per heavy atom. The molecule has 1 aliphatic rings. The van der Waals surface area contributed by atoms with Crippen molar-refractivity contribution in [2.45, 2.75) is 24.6 Å². The standard InChI is InChI=1S/C8H12F3NO4S/c9-8(10,11)4-12-7(6(13)14)2-1-3-17(15,16)5-7/h12H,1-5H2,(H,13,14). The summed E-state index contributed by atoms with van der Waals surface area (Å²) in [5, 5.41) is 10.7. The highest BCUT2D eigenvalue weighted by Gasteiger charge is 2.47. The summed E-state index contributed by atoms with van der Waals surface area (Å²) in [7, 11) is -3.61. The van der Waals surface area contributed by atoms with Crippen LogP contribution in [-0.4, -0.2) is 49.3 Å². The largest absolute Gasteiger partial charge is 0.480 e. The number of nitrogens with one attached hydrogen (secondary N) is 1. The van der Waals surface area contributed by atoms with Crippen LogP contribution in [0, 0.1) is 0 Å². The maximum atomic E-state index is 12.0. The molecule has 1 heterocycles. The number of hydrogen-bond acceptors (Lipinski definition) is 4. The molecular weight excluding hydrogens is 263 g/mol. The first-order valence-electron chi connectivity index (χ1n) is 4.82. The molecule has 1 fully saturated rings. The van der Waals surface area contributed by atoms with E-state index in [9.17, 15) is 26.4 Å². The van der Waals surface area contributed by atoms with Crippen LogP contribution in [0.25, 0.3) is 0 Å². The SMILES string of the molecule is O=C(O)C1(NCC(F)(F)F)CCCS(=O)(=O)C1. The predicted octanol–water partition coefficient (Wildman–Crippen LogP) is 0.170. The van der Waals surface area contributed by atoms with Crippen LogP contribution in [0.2, 0.25) is 0 Å².